The molecule has 8 aromatic carbocycles. The second-order valence-corrected chi connectivity index (χ2v) is 11.5. The average Bonchev–Trinajstić information content (AvgIpc) is 3.63. The Morgan fingerprint density at radius 2 is 1.08 bits per heavy atom. The van der Waals surface area contributed by atoms with E-state index in [1.165, 1.54) is 4.90 Å². The van der Waals surface area contributed by atoms with Gasteiger partial charge in [-0.25, -0.2) is 0 Å². The Kier molecular flexibility index (Phi) is 5.07. The van der Waals surface area contributed by atoms with E-state index in [0.29, 0.717) is 38.8 Å². The minimum Gasteiger partial charge on any atom is -0.455 e. The summed E-state index contributed by atoms with van der Waals surface area (Å²) in [5, 5.41) is 3.13. The van der Waals surface area contributed by atoms with Gasteiger partial charge in [0.05, 0.1) is 27.7 Å². The largest absolute Gasteiger partial charge is 0.455 e. The summed E-state index contributed by atoms with van der Waals surface area (Å²) in [6, 6.07) is 40.0. The molecule has 0 N–H and O–H groups in total. The highest BCUT2D eigenvalue weighted by molar-refractivity contribution is 6.19. The first-order chi connectivity index (χ1) is 27.2. The van der Waals surface area contributed by atoms with Gasteiger partial charge in [-0.1, -0.05) is 152 Å². The number of furan rings is 1. The lowest BCUT2D eigenvalue weighted by molar-refractivity contribution is 0.672. The van der Waals surface area contributed by atoms with Crippen molar-refractivity contribution in [1.82, 2.24) is 0 Å². The highest BCUT2D eigenvalue weighted by Gasteiger charge is 2.22. The lowest BCUT2D eigenvalue weighted by atomic mass is 9.99. The van der Waals surface area contributed by atoms with Crippen LogP contribution in [0.4, 0.5) is 17.1 Å². The second kappa shape index (κ2) is 11.8. The van der Waals surface area contributed by atoms with E-state index in [-0.39, 0.29) is 52.7 Å². The first-order valence-corrected chi connectivity index (χ1v) is 15.7. The van der Waals surface area contributed by atoms with Gasteiger partial charge in [0.2, 0.25) is 0 Å². The predicted octanol–water partition coefficient (Wildman–Crippen LogP) is 13.2. The van der Waals surface area contributed by atoms with E-state index in [2.05, 4.69) is 0 Å². The fourth-order valence-corrected chi connectivity index (χ4v) is 6.38. The maximum absolute atomic E-state index is 9.62. The number of para-hydroxylation sites is 1. The zero-order valence-electron chi connectivity index (χ0n) is 33.6. The third-order valence-electron chi connectivity index (χ3n) is 8.68. The third-order valence-corrected chi connectivity index (χ3v) is 8.68. The molecule has 1 heterocycles. The molecule has 0 aliphatic rings. The van der Waals surface area contributed by atoms with Crippen molar-refractivity contribution in [2.24, 2.45) is 0 Å². The third kappa shape index (κ3) is 4.83. The van der Waals surface area contributed by atoms with Gasteiger partial charge in [-0.2, -0.15) is 0 Å². The molecule has 48 heavy (non-hydrogen) atoms. The van der Waals surface area contributed by atoms with Gasteiger partial charge in [-0.15, -0.1) is 0 Å². The molecular formula is C46H31NO. The molecule has 0 aliphatic heterocycles. The lowest BCUT2D eigenvalue weighted by Gasteiger charge is -2.28. The first-order valence-electron chi connectivity index (χ1n) is 19.7. The van der Waals surface area contributed by atoms with E-state index in [4.69, 9.17) is 7.16 Å². The van der Waals surface area contributed by atoms with Crippen LogP contribution >= 0.6 is 0 Å². The van der Waals surface area contributed by atoms with Gasteiger partial charge in [0.15, 0.2) is 0 Å². The minimum absolute atomic E-state index is 0.0226. The Balaban J connectivity index is 1.38. The maximum atomic E-state index is 9.62. The average molecular weight is 622 g/mol. The Morgan fingerprint density at radius 3 is 1.85 bits per heavy atom. The Hall–Kier alpha value is -6.38. The number of benzene rings is 8. The molecule has 0 saturated heterocycles. The summed E-state index contributed by atoms with van der Waals surface area (Å²) in [6.07, 6.45) is 0. The maximum Gasteiger partial charge on any atom is 0.143 e. The topological polar surface area (TPSA) is 16.4 Å². The Labute approximate surface area is 291 Å². The van der Waals surface area contributed by atoms with Crippen LogP contribution in [0.15, 0.2) is 192 Å². The molecule has 2 nitrogen and oxygen atoms in total. The summed E-state index contributed by atoms with van der Waals surface area (Å²) in [5.74, 6) is 0. The van der Waals surface area contributed by atoms with Crippen LogP contribution in [0.3, 0.4) is 0 Å². The van der Waals surface area contributed by atoms with Crippen molar-refractivity contribution in [1.29, 1.82) is 0 Å². The van der Waals surface area contributed by atoms with Crippen molar-refractivity contribution in [3.05, 3.63) is 188 Å². The van der Waals surface area contributed by atoms with Gasteiger partial charge in [0.25, 0.3) is 0 Å². The molecule has 0 spiro atoms. The summed E-state index contributed by atoms with van der Waals surface area (Å²) in [7, 11) is 0. The van der Waals surface area contributed by atoms with E-state index in [0.717, 1.165) is 21.9 Å². The molecule has 0 amide bonds. The summed E-state index contributed by atoms with van der Waals surface area (Å²) in [5.41, 5.74) is 4.43. The van der Waals surface area contributed by atoms with Crippen LogP contribution in [-0.4, -0.2) is 0 Å². The molecule has 0 bridgehead atoms. The number of anilines is 3. The van der Waals surface area contributed by atoms with E-state index in [1.54, 1.807) is 48.5 Å². The van der Waals surface area contributed by atoms with E-state index in [1.807, 2.05) is 91.0 Å². The van der Waals surface area contributed by atoms with Crippen LogP contribution in [-0.2, 0) is 0 Å². The molecule has 0 fully saturated rings. The van der Waals surface area contributed by atoms with Crippen molar-refractivity contribution in [3.63, 3.8) is 0 Å². The molecule has 0 atom stereocenters. The number of rotatable bonds is 6. The van der Waals surface area contributed by atoms with Crippen LogP contribution in [0.25, 0.3) is 66.1 Å². The summed E-state index contributed by atoms with van der Waals surface area (Å²) < 4.78 is 80.8. The van der Waals surface area contributed by atoms with E-state index < -0.39 is 18.1 Å². The normalized spacial score (nSPS) is 13.7. The van der Waals surface area contributed by atoms with Crippen molar-refractivity contribution in [3.8, 4) is 33.4 Å². The number of hydrogen-bond acceptors (Lipinski definition) is 2. The zero-order valence-corrected chi connectivity index (χ0v) is 25.6. The quantitative estimate of drug-likeness (QED) is 0.184. The van der Waals surface area contributed by atoms with Crippen LogP contribution in [0, 0.1) is 0 Å². The van der Waals surface area contributed by atoms with Crippen LogP contribution in [0.5, 0.6) is 0 Å². The van der Waals surface area contributed by atoms with Gasteiger partial charge in [0, 0.05) is 22.0 Å². The fourth-order valence-electron chi connectivity index (χ4n) is 6.38. The monoisotopic (exact) mass is 621 g/mol. The van der Waals surface area contributed by atoms with Gasteiger partial charge >= 0.3 is 0 Å². The van der Waals surface area contributed by atoms with E-state index >= 15 is 0 Å². The minimum atomic E-state index is -0.504. The second-order valence-electron chi connectivity index (χ2n) is 11.5. The van der Waals surface area contributed by atoms with Crippen molar-refractivity contribution < 1.29 is 15.4 Å². The SMILES string of the molecule is [2H]c1c([2H])c([2H])c(N(c2c([2H])c([2H])c(-c3ccc(-c4ccccc4)cc3)c([2H])c2[2H])c2cccc3oc4c5ccccc5ccc4c23)c(-c2ccccc2)c1[2H]. The van der Waals surface area contributed by atoms with Crippen molar-refractivity contribution in [2.75, 3.05) is 4.90 Å². The van der Waals surface area contributed by atoms with E-state index in [9.17, 15) is 8.22 Å². The van der Waals surface area contributed by atoms with Gasteiger partial charge < -0.3 is 9.32 Å². The van der Waals surface area contributed by atoms with Crippen molar-refractivity contribution in [2.45, 2.75) is 0 Å². The van der Waals surface area contributed by atoms with Crippen molar-refractivity contribution >= 4 is 49.8 Å². The smallest absolute Gasteiger partial charge is 0.143 e. The molecule has 2 heteroatoms. The van der Waals surface area contributed by atoms with Crippen LogP contribution < -0.4 is 4.90 Å². The van der Waals surface area contributed by atoms with Crippen LogP contribution in [0.2, 0.25) is 0 Å². The van der Waals surface area contributed by atoms with Gasteiger partial charge in [-0.05, 0) is 69.5 Å². The lowest BCUT2D eigenvalue weighted by Crippen LogP contribution is -2.11. The Bertz CT molecular complexity index is 2970. The number of hydrogen-bond donors (Lipinski definition) is 0. The predicted molar refractivity (Wildman–Crippen MR) is 202 cm³/mol. The summed E-state index contributed by atoms with van der Waals surface area (Å²) in [4.78, 5) is 1.47. The standard InChI is InChI=1S/C46H31NO/c1-3-12-32(13-4-1)33-22-24-34(25-23-33)35-26-29-38(30-27-35)47(42-19-10-9-17-39(42)36-14-5-2-6-15-36)43-20-11-21-44-45(43)41-31-28-37-16-7-8-18-40(37)46(41)48-44/h1-31H/i9D,10D,17D,19D,26D,27D,29D,30D. The molecule has 0 aliphatic carbocycles. The molecule has 0 radical (unpaired) electrons. The molecule has 9 aromatic rings. The van der Waals surface area contributed by atoms with Gasteiger partial charge in [-0.3, -0.25) is 0 Å². The molecule has 0 unspecified atom stereocenters. The fraction of sp³-hybridized carbons (Fsp3) is 0. The molecule has 1 aromatic heterocycles. The highest BCUT2D eigenvalue weighted by Crippen LogP contribution is 2.46. The first kappa shape index (κ1) is 20.7. The van der Waals surface area contributed by atoms with Crippen LogP contribution in [0.1, 0.15) is 11.0 Å². The molecule has 0 saturated carbocycles. The molecule has 226 valence electrons. The number of nitrogens with zero attached hydrogens (tertiary/aromatic N) is 1. The number of fused-ring (bicyclic) bond motifs is 5. The molecular weight excluding hydrogens is 583 g/mol. The summed E-state index contributed by atoms with van der Waals surface area (Å²) in [6.45, 7) is 0. The Morgan fingerprint density at radius 1 is 0.438 bits per heavy atom. The summed E-state index contributed by atoms with van der Waals surface area (Å²) >= 11 is 0. The highest BCUT2D eigenvalue weighted by atomic mass is 16.3. The van der Waals surface area contributed by atoms with Gasteiger partial charge in [0.1, 0.15) is 11.2 Å². The molecule has 9 rings (SSSR count). The zero-order chi connectivity index (χ0) is 38.8.